The van der Waals surface area contributed by atoms with Gasteiger partial charge < -0.3 is 25.6 Å². The van der Waals surface area contributed by atoms with E-state index in [9.17, 15) is 4.79 Å². The number of nitrogen functional groups attached to an aromatic ring is 1. The fraction of sp³-hybridized carbons (Fsp3) is 0.417. The third-order valence-electron chi connectivity index (χ3n) is 2.68. The molecule has 1 amide bonds. The topological polar surface area (TPSA) is 115 Å². The molecule has 21 heavy (non-hydrogen) atoms. The lowest BCUT2D eigenvalue weighted by atomic mass is 10.3. The van der Waals surface area contributed by atoms with E-state index in [1.54, 1.807) is 0 Å². The molecule has 0 aliphatic rings. The molecule has 0 aliphatic carbocycles. The summed E-state index contributed by atoms with van der Waals surface area (Å²) in [6.45, 7) is 2.95. The lowest BCUT2D eigenvalue weighted by Gasteiger charge is -2.05. The van der Waals surface area contributed by atoms with Gasteiger partial charge in [-0.25, -0.2) is 0 Å². The minimum atomic E-state index is -0.205. The molecule has 8 nitrogen and oxygen atoms in total. The van der Waals surface area contributed by atoms with Crippen molar-refractivity contribution in [3.63, 3.8) is 0 Å². The van der Waals surface area contributed by atoms with Gasteiger partial charge in [-0.05, 0) is 6.92 Å². The summed E-state index contributed by atoms with van der Waals surface area (Å²) in [5.74, 6) is 0.810. The normalized spacial score (nSPS) is 10.4. The number of carbonyl (C=O) groups is 1. The quantitative estimate of drug-likeness (QED) is 0.702. The molecule has 0 spiro atoms. The molecule has 0 unspecified atom stereocenters. The zero-order valence-electron chi connectivity index (χ0n) is 11.8. The number of hydrogen-bond donors (Lipinski definition) is 3. The second kappa shape index (κ2) is 6.93. The Labute approximate surface area is 125 Å². The van der Waals surface area contributed by atoms with Crippen molar-refractivity contribution in [3.05, 3.63) is 17.1 Å². The van der Waals surface area contributed by atoms with E-state index in [2.05, 4.69) is 20.8 Å². The maximum absolute atomic E-state index is 11.9. The van der Waals surface area contributed by atoms with Crippen LogP contribution in [0.3, 0.4) is 0 Å². The van der Waals surface area contributed by atoms with E-state index in [-0.39, 0.29) is 5.91 Å². The van der Waals surface area contributed by atoms with E-state index in [0.717, 1.165) is 0 Å². The van der Waals surface area contributed by atoms with Crippen LogP contribution in [0.15, 0.2) is 10.9 Å². The summed E-state index contributed by atoms with van der Waals surface area (Å²) in [4.78, 5) is 16.3. The summed E-state index contributed by atoms with van der Waals surface area (Å²) >= 11 is 1.26. The van der Waals surface area contributed by atoms with Crippen molar-refractivity contribution in [2.24, 2.45) is 0 Å². The molecule has 0 radical (unpaired) electrons. The molecule has 0 fully saturated rings. The zero-order chi connectivity index (χ0) is 15.2. The number of amides is 1. The number of ether oxygens (including phenoxy) is 1. The molecule has 4 N–H and O–H groups in total. The summed E-state index contributed by atoms with van der Waals surface area (Å²) in [7, 11) is 1.52. The molecule has 9 heteroatoms. The largest absolute Gasteiger partial charge is 0.492 e. The number of thiophene rings is 1. The number of nitrogens with one attached hydrogen (secondary N) is 2. The van der Waals surface area contributed by atoms with Crippen molar-refractivity contribution in [1.29, 1.82) is 0 Å². The fourth-order valence-electron chi connectivity index (χ4n) is 1.75. The smallest absolute Gasteiger partial charge is 0.263 e. The standard InChI is InChI=1S/C12H17N5O3S/c1-3-14-11(18)10-8(13)9(19-2)12(21-10)15-5-4-7-16-6-17-20-7/h6,15H,3-5,13H2,1-2H3,(H,14,18). The molecule has 0 bridgehead atoms. The highest BCUT2D eigenvalue weighted by molar-refractivity contribution is 7.19. The molecule has 0 atom stereocenters. The van der Waals surface area contributed by atoms with E-state index in [0.29, 0.717) is 46.7 Å². The molecular weight excluding hydrogens is 294 g/mol. The Morgan fingerprint density at radius 3 is 3.00 bits per heavy atom. The van der Waals surface area contributed by atoms with Crippen LogP contribution >= 0.6 is 11.3 Å². The van der Waals surface area contributed by atoms with Gasteiger partial charge in [0.2, 0.25) is 5.89 Å². The highest BCUT2D eigenvalue weighted by Crippen LogP contribution is 2.42. The number of anilines is 2. The number of rotatable bonds is 7. The Kier molecular flexibility index (Phi) is 4.99. The Bertz CT molecular complexity index is 596. The van der Waals surface area contributed by atoms with Gasteiger partial charge in [-0.1, -0.05) is 5.16 Å². The Morgan fingerprint density at radius 1 is 1.57 bits per heavy atom. The van der Waals surface area contributed by atoms with Crippen LogP contribution in [-0.2, 0) is 6.42 Å². The van der Waals surface area contributed by atoms with Gasteiger partial charge in [0.15, 0.2) is 12.1 Å². The summed E-state index contributed by atoms with van der Waals surface area (Å²) in [5, 5.41) is 10.1. The molecule has 0 aromatic carbocycles. The van der Waals surface area contributed by atoms with Gasteiger partial charge in [0.05, 0.1) is 7.11 Å². The lowest BCUT2D eigenvalue weighted by molar-refractivity contribution is 0.0960. The summed E-state index contributed by atoms with van der Waals surface area (Å²) in [5.41, 5.74) is 6.30. The van der Waals surface area contributed by atoms with Gasteiger partial charge in [0.25, 0.3) is 5.91 Å². The van der Waals surface area contributed by atoms with Crippen LogP contribution in [0.4, 0.5) is 10.7 Å². The van der Waals surface area contributed by atoms with Crippen LogP contribution < -0.4 is 21.1 Å². The molecule has 2 heterocycles. The molecule has 2 aromatic rings. The molecule has 2 rings (SSSR count). The summed E-state index contributed by atoms with van der Waals surface area (Å²) in [6.07, 6.45) is 1.92. The minimum absolute atomic E-state index is 0.205. The van der Waals surface area contributed by atoms with Crippen molar-refractivity contribution in [3.8, 4) is 5.75 Å². The van der Waals surface area contributed by atoms with Gasteiger partial charge in [-0.2, -0.15) is 4.98 Å². The molecule has 0 saturated heterocycles. The highest BCUT2D eigenvalue weighted by atomic mass is 32.1. The summed E-state index contributed by atoms with van der Waals surface area (Å²) < 4.78 is 10.2. The predicted octanol–water partition coefficient (Wildman–Crippen LogP) is 1.13. The number of hydrogen-bond acceptors (Lipinski definition) is 8. The van der Waals surface area contributed by atoms with E-state index in [1.165, 1.54) is 24.8 Å². The predicted molar refractivity (Wildman–Crippen MR) is 79.8 cm³/mol. The molecule has 2 aromatic heterocycles. The third-order valence-corrected chi connectivity index (χ3v) is 3.82. The number of nitrogens with zero attached hydrogens (tertiary/aromatic N) is 2. The fourth-order valence-corrected chi connectivity index (χ4v) is 2.78. The summed E-state index contributed by atoms with van der Waals surface area (Å²) in [6, 6.07) is 0. The number of carbonyl (C=O) groups excluding carboxylic acids is 1. The Hall–Kier alpha value is -2.29. The lowest BCUT2D eigenvalue weighted by Crippen LogP contribution is -2.22. The first kappa shape index (κ1) is 15.1. The Balaban J connectivity index is 2.07. The minimum Gasteiger partial charge on any atom is -0.492 e. The number of aromatic nitrogens is 2. The van der Waals surface area contributed by atoms with Gasteiger partial charge in [-0.15, -0.1) is 11.3 Å². The average molecular weight is 311 g/mol. The van der Waals surface area contributed by atoms with Crippen molar-refractivity contribution in [2.75, 3.05) is 31.2 Å². The van der Waals surface area contributed by atoms with Gasteiger partial charge in [0.1, 0.15) is 15.6 Å². The molecule has 0 saturated carbocycles. The van der Waals surface area contributed by atoms with E-state index in [4.69, 9.17) is 15.0 Å². The second-order valence-corrected chi connectivity index (χ2v) is 5.10. The van der Waals surface area contributed by atoms with E-state index < -0.39 is 0 Å². The van der Waals surface area contributed by atoms with E-state index in [1.807, 2.05) is 6.92 Å². The van der Waals surface area contributed by atoms with Crippen molar-refractivity contribution in [2.45, 2.75) is 13.3 Å². The third kappa shape index (κ3) is 3.43. The number of methoxy groups -OCH3 is 1. The SMILES string of the molecule is CCNC(=O)c1sc(NCCc2ncno2)c(OC)c1N. The van der Waals surface area contributed by atoms with Crippen LogP contribution in [-0.4, -0.2) is 36.2 Å². The maximum atomic E-state index is 11.9. The van der Waals surface area contributed by atoms with Crippen LogP contribution in [0, 0.1) is 0 Å². The van der Waals surface area contributed by atoms with Crippen LogP contribution in [0.25, 0.3) is 0 Å². The highest BCUT2D eigenvalue weighted by Gasteiger charge is 2.21. The zero-order valence-corrected chi connectivity index (χ0v) is 12.6. The van der Waals surface area contributed by atoms with Crippen molar-refractivity contribution >= 4 is 27.9 Å². The van der Waals surface area contributed by atoms with Gasteiger partial charge >= 0.3 is 0 Å². The maximum Gasteiger partial charge on any atom is 0.263 e. The van der Waals surface area contributed by atoms with Gasteiger partial charge in [-0.3, -0.25) is 4.79 Å². The van der Waals surface area contributed by atoms with Crippen LogP contribution in [0.5, 0.6) is 5.75 Å². The number of nitrogens with two attached hydrogens (primary N) is 1. The second-order valence-electron chi connectivity index (χ2n) is 4.08. The molecule has 0 aliphatic heterocycles. The van der Waals surface area contributed by atoms with Crippen LogP contribution in [0.1, 0.15) is 22.5 Å². The molecular formula is C12H17N5O3S. The average Bonchev–Trinajstić information content (AvgIpc) is 3.07. The first-order valence-corrected chi connectivity index (χ1v) is 7.22. The first-order valence-electron chi connectivity index (χ1n) is 6.41. The molecule has 114 valence electrons. The van der Waals surface area contributed by atoms with Crippen molar-refractivity contribution in [1.82, 2.24) is 15.5 Å². The van der Waals surface area contributed by atoms with Gasteiger partial charge in [0, 0.05) is 19.5 Å². The Morgan fingerprint density at radius 2 is 2.38 bits per heavy atom. The monoisotopic (exact) mass is 311 g/mol. The first-order chi connectivity index (χ1) is 10.2. The van der Waals surface area contributed by atoms with Crippen molar-refractivity contribution < 1.29 is 14.1 Å². The van der Waals surface area contributed by atoms with E-state index >= 15 is 0 Å². The van der Waals surface area contributed by atoms with Crippen LogP contribution in [0.2, 0.25) is 0 Å².